The maximum absolute atomic E-state index is 4.61. The Balaban J connectivity index is 2.03. The average molecular weight is 263 g/mol. The predicted molar refractivity (Wildman–Crippen MR) is 78.2 cm³/mol. The van der Waals surface area contributed by atoms with E-state index in [0.717, 1.165) is 33.2 Å². The summed E-state index contributed by atoms with van der Waals surface area (Å²) in [4.78, 5) is 8.71. The number of nitrogens with zero attached hydrogens (tertiary/aromatic N) is 5. The third-order valence-electron chi connectivity index (χ3n) is 3.66. The van der Waals surface area contributed by atoms with Crippen LogP contribution in [0.3, 0.4) is 0 Å². The number of aromatic nitrogens is 5. The lowest BCUT2D eigenvalue weighted by molar-refractivity contribution is 0.800. The van der Waals surface area contributed by atoms with Crippen molar-refractivity contribution < 1.29 is 0 Å². The van der Waals surface area contributed by atoms with Crippen LogP contribution in [-0.2, 0) is 14.1 Å². The first-order valence-corrected chi connectivity index (χ1v) is 6.42. The zero-order chi connectivity index (χ0) is 13.7. The summed E-state index contributed by atoms with van der Waals surface area (Å²) in [5.74, 6) is 0. The van der Waals surface area contributed by atoms with Crippen molar-refractivity contribution in [2.45, 2.75) is 0 Å². The highest BCUT2D eigenvalue weighted by molar-refractivity contribution is 5.94. The normalized spacial score (nSPS) is 11.5. The van der Waals surface area contributed by atoms with Crippen LogP contribution in [0.15, 0.2) is 43.0 Å². The maximum atomic E-state index is 4.61. The lowest BCUT2D eigenvalue weighted by Gasteiger charge is -2.00. The lowest BCUT2D eigenvalue weighted by atomic mass is 10.1. The lowest BCUT2D eigenvalue weighted by Crippen LogP contribution is -1.90. The Morgan fingerprint density at radius 3 is 2.85 bits per heavy atom. The van der Waals surface area contributed by atoms with Crippen molar-refractivity contribution in [1.29, 1.82) is 0 Å². The Bertz CT molecular complexity index is 932. The quantitative estimate of drug-likeness (QED) is 0.530. The SMILES string of the molecule is Cn1ccc2ncc(-c3nn(C)c4ccncc34)cc21. The van der Waals surface area contributed by atoms with Gasteiger partial charge in [0.25, 0.3) is 0 Å². The van der Waals surface area contributed by atoms with E-state index in [1.807, 2.05) is 49.5 Å². The van der Waals surface area contributed by atoms with E-state index in [1.165, 1.54) is 0 Å². The van der Waals surface area contributed by atoms with Crippen LogP contribution in [-0.4, -0.2) is 24.3 Å². The minimum atomic E-state index is 0.922. The number of fused-ring (bicyclic) bond motifs is 2. The highest BCUT2D eigenvalue weighted by Gasteiger charge is 2.12. The highest BCUT2D eigenvalue weighted by atomic mass is 15.3. The van der Waals surface area contributed by atoms with Gasteiger partial charge in [0.05, 0.1) is 16.6 Å². The second-order valence-electron chi connectivity index (χ2n) is 4.92. The number of pyridine rings is 2. The molecule has 0 saturated heterocycles. The minimum Gasteiger partial charge on any atom is -0.349 e. The van der Waals surface area contributed by atoms with Gasteiger partial charge in [-0.15, -0.1) is 0 Å². The summed E-state index contributed by atoms with van der Waals surface area (Å²) in [6, 6.07) is 6.11. The highest BCUT2D eigenvalue weighted by Crippen LogP contribution is 2.28. The minimum absolute atomic E-state index is 0.922. The van der Waals surface area contributed by atoms with Gasteiger partial charge in [-0.3, -0.25) is 14.6 Å². The molecule has 0 atom stereocenters. The molecule has 4 rings (SSSR count). The van der Waals surface area contributed by atoms with Crippen LogP contribution in [0.4, 0.5) is 0 Å². The molecule has 20 heavy (non-hydrogen) atoms. The van der Waals surface area contributed by atoms with Gasteiger partial charge in [0.15, 0.2) is 0 Å². The second-order valence-corrected chi connectivity index (χ2v) is 4.92. The van der Waals surface area contributed by atoms with E-state index in [-0.39, 0.29) is 0 Å². The number of hydrogen-bond acceptors (Lipinski definition) is 3. The molecule has 98 valence electrons. The van der Waals surface area contributed by atoms with E-state index in [9.17, 15) is 0 Å². The molecular weight excluding hydrogens is 250 g/mol. The van der Waals surface area contributed by atoms with E-state index in [1.54, 1.807) is 6.20 Å². The molecule has 5 heteroatoms. The first-order valence-electron chi connectivity index (χ1n) is 6.42. The maximum Gasteiger partial charge on any atom is 0.103 e. The van der Waals surface area contributed by atoms with Gasteiger partial charge < -0.3 is 4.57 Å². The molecule has 0 spiro atoms. The standard InChI is InChI=1S/C15H13N5/c1-19-6-4-12-14(19)7-10(8-17-12)15-11-9-16-5-3-13(11)20(2)18-15/h3-9H,1-2H3. The van der Waals surface area contributed by atoms with Gasteiger partial charge in [0.2, 0.25) is 0 Å². The fourth-order valence-electron chi connectivity index (χ4n) is 2.59. The smallest absolute Gasteiger partial charge is 0.103 e. The second kappa shape index (κ2) is 3.90. The Morgan fingerprint density at radius 2 is 1.95 bits per heavy atom. The molecule has 0 amide bonds. The summed E-state index contributed by atoms with van der Waals surface area (Å²) < 4.78 is 3.94. The van der Waals surface area contributed by atoms with Gasteiger partial charge in [-0.05, 0) is 18.2 Å². The van der Waals surface area contributed by atoms with Crippen molar-refractivity contribution in [3.8, 4) is 11.3 Å². The Morgan fingerprint density at radius 1 is 1.05 bits per heavy atom. The molecule has 0 unspecified atom stereocenters. The average Bonchev–Trinajstić information content (AvgIpc) is 3.01. The van der Waals surface area contributed by atoms with E-state index in [0.29, 0.717) is 0 Å². The van der Waals surface area contributed by atoms with Gasteiger partial charge in [0, 0.05) is 49.8 Å². The molecule has 4 aromatic rings. The number of aryl methyl sites for hydroxylation is 2. The monoisotopic (exact) mass is 263 g/mol. The fraction of sp³-hybridized carbons (Fsp3) is 0.133. The van der Waals surface area contributed by atoms with Crippen molar-refractivity contribution in [3.05, 3.63) is 43.0 Å². The Hall–Kier alpha value is -2.69. The Kier molecular flexibility index (Phi) is 2.18. The largest absolute Gasteiger partial charge is 0.349 e. The molecule has 4 aromatic heterocycles. The molecule has 4 heterocycles. The van der Waals surface area contributed by atoms with E-state index in [2.05, 4.69) is 25.7 Å². The van der Waals surface area contributed by atoms with Crippen LogP contribution >= 0.6 is 0 Å². The van der Waals surface area contributed by atoms with Crippen LogP contribution in [0.2, 0.25) is 0 Å². The predicted octanol–water partition coefficient (Wildman–Crippen LogP) is 2.52. The van der Waals surface area contributed by atoms with Crippen LogP contribution in [0.25, 0.3) is 33.2 Å². The van der Waals surface area contributed by atoms with Crippen molar-refractivity contribution >= 4 is 21.9 Å². The molecule has 0 fully saturated rings. The van der Waals surface area contributed by atoms with Crippen LogP contribution in [0.1, 0.15) is 0 Å². The van der Waals surface area contributed by atoms with Gasteiger partial charge in [-0.25, -0.2) is 0 Å². The van der Waals surface area contributed by atoms with Crippen molar-refractivity contribution in [3.63, 3.8) is 0 Å². The molecule has 5 nitrogen and oxygen atoms in total. The van der Waals surface area contributed by atoms with Gasteiger partial charge in [-0.1, -0.05) is 0 Å². The van der Waals surface area contributed by atoms with Crippen LogP contribution < -0.4 is 0 Å². The van der Waals surface area contributed by atoms with E-state index in [4.69, 9.17) is 0 Å². The first-order chi connectivity index (χ1) is 9.74. The summed E-state index contributed by atoms with van der Waals surface area (Å²) in [7, 11) is 3.96. The summed E-state index contributed by atoms with van der Waals surface area (Å²) >= 11 is 0. The zero-order valence-electron chi connectivity index (χ0n) is 11.3. The summed E-state index contributed by atoms with van der Waals surface area (Å²) in [5.41, 5.74) is 5.10. The van der Waals surface area contributed by atoms with Crippen molar-refractivity contribution in [2.24, 2.45) is 14.1 Å². The topological polar surface area (TPSA) is 48.5 Å². The molecule has 0 aliphatic heterocycles. The summed E-state index contributed by atoms with van der Waals surface area (Å²) in [5, 5.41) is 5.65. The molecule has 0 saturated carbocycles. The molecule has 0 aliphatic rings. The van der Waals surface area contributed by atoms with Gasteiger partial charge >= 0.3 is 0 Å². The van der Waals surface area contributed by atoms with E-state index < -0.39 is 0 Å². The van der Waals surface area contributed by atoms with Gasteiger partial charge in [0.1, 0.15) is 5.69 Å². The third kappa shape index (κ3) is 1.46. The van der Waals surface area contributed by atoms with Crippen LogP contribution in [0.5, 0.6) is 0 Å². The molecule has 0 aliphatic carbocycles. The van der Waals surface area contributed by atoms with Crippen molar-refractivity contribution in [1.82, 2.24) is 24.3 Å². The summed E-state index contributed by atoms with van der Waals surface area (Å²) in [6.45, 7) is 0. The van der Waals surface area contributed by atoms with Crippen LogP contribution in [0, 0.1) is 0 Å². The Labute approximate surface area is 115 Å². The third-order valence-corrected chi connectivity index (χ3v) is 3.66. The molecule has 0 N–H and O–H groups in total. The molecule has 0 radical (unpaired) electrons. The molecule has 0 aromatic carbocycles. The molecule has 0 bridgehead atoms. The van der Waals surface area contributed by atoms with Gasteiger partial charge in [-0.2, -0.15) is 5.10 Å². The number of rotatable bonds is 1. The van der Waals surface area contributed by atoms with E-state index >= 15 is 0 Å². The van der Waals surface area contributed by atoms with Crippen molar-refractivity contribution in [2.75, 3.05) is 0 Å². The zero-order valence-corrected chi connectivity index (χ0v) is 11.3. The summed E-state index contributed by atoms with van der Waals surface area (Å²) in [6.07, 6.45) is 7.52. The molecular formula is C15H13N5. The first kappa shape index (κ1) is 11.2. The number of hydrogen-bond donors (Lipinski definition) is 0. The fourth-order valence-corrected chi connectivity index (χ4v) is 2.59.